The molecule has 2 aromatic carbocycles. The van der Waals surface area contributed by atoms with Crippen molar-refractivity contribution >= 4 is 22.8 Å². The Morgan fingerprint density at radius 3 is 2.52 bits per heavy atom. The van der Waals surface area contributed by atoms with Crippen LogP contribution in [0.15, 0.2) is 42.5 Å². The summed E-state index contributed by atoms with van der Waals surface area (Å²) >= 11 is 0. The molecule has 0 atom stereocenters. The van der Waals surface area contributed by atoms with E-state index < -0.39 is 0 Å². The van der Waals surface area contributed by atoms with Crippen LogP contribution in [0.1, 0.15) is 30.9 Å². The van der Waals surface area contributed by atoms with Gasteiger partial charge in [-0.25, -0.2) is 4.79 Å². The molecule has 0 spiro atoms. The lowest BCUT2D eigenvalue weighted by atomic mass is 10.00. The summed E-state index contributed by atoms with van der Waals surface area (Å²) in [5.74, 6) is -0.276. The maximum atomic E-state index is 11.8. The zero-order valence-electron chi connectivity index (χ0n) is 14.2. The zero-order chi connectivity index (χ0) is 16.7. The summed E-state index contributed by atoms with van der Waals surface area (Å²) in [6.07, 6.45) is 5.31. The van der Waals surface area contributed by atoms with E-state index in [0.717, 1.165) is 24.9 Å². The molecule has 0 unspecified atom stereocenters. The number of nitrogens with zero attached hydrogens (tertiary/aromatic N) is 1. The number of carbonyl (C=O) groups is 1. The molecule has 0 heterocycles. The summed E-state index contributed by atoms with van der Waals surface area (Å²) in [5.41, 5.74) is 2.26. The van der Waals surface area contributed by atoms with Crippen LogP contribution in [0.5, 0.6) is 0 Å². The predicted molar refractivity (Wildman–Crippen MR) is 96.2 cm³/mol. The lowest BCUT2D eigenvalue weighted by molar-refractivity contribution is -0.137. The summed E-state index contributed by atoms with van der Waals surface area (Å²) in [4.78, 5) is 13.9. The molecule has 0 aliphatic rings. The SMILES string of the molecule is CCCCOC(=O)/C=C/c1cc2ccccc2cc1CN(C)C. The van der Waals surface area contributed by atoms with Crippen LogP contribution < -0.4 is 0 Å². The van der Waals surface area contributed by atoms with Gasteiger partial charge in [-0.1, -0.05) is 37.6 Å². The van der Waals surface area contributed by atoms with Gasteiger partial charge in [0.2, 0.25) is 0 Å². The monoisotopic (exact) mass is 311 g/mol. The molecule has 0 bridgehead atoms. The Morgan fingerprint density at radius 2 is 1.87 bits per heavy atom. The number of rotatable bonds is 7. The lowest BCUT2D eigenvalue weighted by Crippen LogP contribution is -2.11. The molecule has 0 amide bonds. The van der Waals surface area contributed by atoms with Gasteiger partial charge in [-0.3, -0.25) is 0 Å². The first-order chi connectivity index (χ1) is 11.1. The third-order valence-electron chi connectivity index (χ3n) is 3.64. The Hall–Kier alpha value is -2.13. The van der Waals surface area contributed by atoms with Crippen molar-refractivity contribution in [2.45, 2.75) is 26.3 Å². The normalized spacial score (nSPS) is 11.5. The average Bonchev–Trinajstić information content (AvgIpc) is 2.52. The molecular weight excluding hydrogens is 286 g/mol. The van der Waals surface area contributed by atoms with Gasteiger partial charge in [0.1, 0.15) is 0 Å². The van der Waals surface area contributed by atoms with Gasteiger partial charge in [-0.05, 0) is 60.6 Å². The number of ether oxygens (including phenoxy) is 1. The molecule has 2 aromatic rings. The standard InChI is InChI=1S/C20H25NO2/c1-4-5-12-23-20(22)11-10-18-13-16-8-6-7-9-17(16)14-19(18)15-21(2)3/h6-11,13-14H,4-5,12,15H2,1-3H3/b11-10+. The van der Waals surface area contributed by atoms with Crippen LogP contribution in [0.4, 0.5) is 0 Å². The first kappa shape index (κ1) is 17.2. The highest BCUT2D eigenvalue weighted by molar-refractivity contribution is 5.90. The predicted octanol–water partition coefficient (Wildman–Crippen LogP) is 4.26. The Labute approximate surface area is 138 Å². The second kappa shape index (κ2) is 8.49. The van der Waals surface area contributed by atoms with Gasteiger partial charge in [-0.15, -0.1) is 0 Å². The van der Waals surface area contributed by atoms with E-state index in [4.69, 9.17) is 4.74 Å². The van der Waals surface area contributed by atoms with E-state index in [1.165, 1.54) is 22.4 Å². The van der Waals surface area contributed by atoms with Gasteiger partial charge in [-0.2, -0.15) is 0 Å². The van der Waals surface area contributed by atoms with E-state index >= 15 is 0 Å². The third-order valence-corrected chi connectivity index (χ3v) is 3.64. The highest BCUT2D eigenvalue weighted by atomic mass is 16.5. The van der Waals surface area contributed by atoms with Crippen molar-refractivity contribution in [2.75, 3.05) is 20.7 Å². The number of carbonyl (C=O) groups excluding carboxylic acids is 1. The molecule has 0 aliphatic heterocycles. The van der Waals surface area contributed by atoms with Gasteiger partial charge in [0.25, 0.3) is 0 Å². The molecule has 122 valence electrons. The third kappa shape index (κ3) is 5.22. The smallest absolute Gasteiger partial charge is 0.330 e. The van der Waals surface area contributed by atoms with E-state index in [1.54, 1.807) is 0 Å². The van der Waals surface area contributed by atoms with E-state index in [-0.39, 0.29) is 5.97 Å². The quantitative estimate of drug-likeness (QED) is 0.435. The van der Waals surface area contributed by atoms with E-state index in [2.05, 4.69) is 36.1 Å². The minimum absolute atomic E-state index is 0.276. The second-order valence-electron chi connectivity index (χ2n) is 5.99. The minimum Gasteiger partial charge on any atom is -0.463 e. The molecule has 0 N–H and O–H groups in total. The van der Waals surface area contributed by atoms with Crippen molar-refractivity contribution in [1.29, 1.82) is 0 Å². The fourth-order valence-corrected chi connectivity index (χ4v) is 2.46. The number of benzene rings is 2. The van der Waals surface area contributed by atoms with Gasteiger partial charge in [0.05, 0.1) is 6.61 Å². The van der Waals surface area contributed by atoms with Crippen molar-refractivity contribution in [3.63, 3.8) is 0 Å². The molecule has 0 fully saturated rings. The molecule has 0 radical (unpaired) electrons. The number of esters is 1. The lowest BCUT2D eigenvalue weighted by Gasteiger charge is -2.14. The Balaban J connectivity index is 2.24. The van der Waals surface area contributed by atoms with Crippen LogP contribution in [-0.4, -0.2) is 31.6 Å². The van der Waals surface area contributed by atoms with Gasteiger partial charge in [0, 0.05) is 12.6 Å². The van der Waals surface area contributed by atoms with Crippen molar-refractivity contribution in [1.82, 2.24) is 4.90 Å². The molecule has 2 rings (SSSR count). The Bertz CT molecular complexity index is 689. The summed E-state index contributed by atoms with van der Waals surface area (Å²) < 4.78 is 5.18. The molecular formula is C20H25NO2. The van der Waals surface area contributed by atoms with Crippen LogP contribution >= 0.6 is 0 Å². The zero-order valence-corrected chi connectivity index (χ0v) is 14.2. The minimum atomic E-state index is -0.276. The van der Waals surface area contributed by atoms with Crippen LogP contribution in [-0.2, 0) is 16.1 Å². The van der Waals surface area contributed by atoms with Crippen LogP contribution in [0.3, 0.4) is 0 Å². The Morgan fingerprint density at radius 1 is 1.17 bits per heavy atom. The van der Waals surface area contributed by atoms with E-state index in [1.807, 2.05) is 32.3 Å². The molecule has 3 nitrogen and oxygen atoms in total. The first-order valence-electron chi connectivity index (χ1n) is 8.11. The average molecular weight is 311 g/mol. The van der Waals surface area contributed by atoms with Crippen LogP contribution in [0.2, 0.25) is 0 Å². The molecule has 3 heteroatoms. The largest absolute Gasteiger partial charge is 0.463 e. The van der Waals surface area contributed by atoms with E-state index in [0.29, 0.717) is 6.61 Å². The fourth-order valence-electron chi connectivity index (χ4n) is 2.46. The second-order valence-corrected chi connectivity index (χ2v) is 5.99. The Kier molecular flexibility index (Phi) is 6.36. The topological polar surface area (TPSA) is 29.5 Å². The number of hydrogen-bond donors (Lipinski definition) is 0. The van der Waals surface area contributed by atoms with Crippen LogP contribution in [0.25, 0.3) is 16.8 Å². The molecule has 23 heavy (non-hydrogen) atoms. The maximum Gasteiger partial charge on any atom is 0.330 e. The highest BCUT2D eigenvalue weighted by Gasteiger charge is 2.05. The van der Waals surface area contributed by atoms with Gasteiger partial charge < -0.3 is 9.64 Å². The molecule has 0 aromatic heterocycles. The summed E-state index contributed by atoms with van der Waals surface area (Å²) in [6, 6.07) is 12.6. The van der Waals surface area contributed by atoms with E-state index in [9.17, 15) is 4.79 Å². The first-order valence-corrected chi connectivity index (χ1v) is 8.11. The van der Waals surface area contributed by atoms with Crippen molar-refractivity contribution in [3.05, 3.63) is 53.6 Å². The summed E-state index contributed by atoms with van der Waals surface area (Å²) in [5, 5.41) is 2.39. The van der Waals surface area contributed by atoms with Gasteiger partial charge in [0.15, 0.2) is 0 Å². The summed E-state index contributed by atoms with van der Waals surface area (Å²) in [6.45, 7) is 3.39. The number of fused-ring (bicyclic) bond motifs is 1. The van der Waals surface area contributed by atoms with Crippen molar-refractivity contribution < 1.29 is 9.53 Å². The summed E-state index contributed by atoms with van der Waals surface area (Å²) in [7, 11) is 4.09. The molecule has 0 saturated heterocycles. The fraction of sp³-hybridized carbons (Fsp3) is 0.350. The van der Waals surface area contributed by atoms with Crippen LogP contribution in [0, 0.1) is 0 Å². The molecule has 0 aliphatic carbocycles. The number of unbranched alkanes of at least 4 members (excludes halogenated alkanes) is 1. The van der Waals surface area contributed by atoms with Gasteiger partial charge >= 0.3 is 5.97 Å². The van der Waals surface area contributed by atoms with Crippen molar-refractivity contribution in [3.8, 4) is 0 Å². The molecule has 0 saturated carbocycles. The maximum absolute atomic E-state index is 11.8. The highest BCUT2D eigenvalue weighted by Crippen LogP contribution is 2.22. The van der Waals surface area contributed by atoms with Crippen molar-refractivity contribution in [2.24, 2.45) is 0 Å². The number of hydrogen-bond acceptors (Lipinski definition) is 3.